The maximum atomic E-state index is 13.8. The monoisotopic (exact) mass is 436 g/mol. The van der Waals surface area contributed by atoms with Gasteiger partial charge in [0.1, 0.15) is 11.7 Å². The van der Waals surface area contributed by atoms with Crippen molar-refractivity contribution in [1.29, 1.82) is 0 Å². The van der Waals surface area contributed by atoms with Crippen LogP contribution >= 0.6 is 0 Å². The van der Waals surface area contributed by atoms with Crippen LogP contribution in [0.3, 0.4) is 0 Å². The molecule has 2 atom stereocenters. The number of hydrogen-bond donors (Lipinski definition) is 1. The fraction of sp³-hybridized carbons (Fsp3) is 0.385. The number of aliphatic imine (C=N–C) groups is 1. The summed E-state index contributed by atoms with van der Waals surface area (Å²) in [6, 6.07) is 6.68. The molecule has 2 N–H and O–H groups in total. The van der Waals surface area contributed by atoms with Crippen LogP contribution in [0.25, 0.3) is 0 Å². The van der Waals surface area contributed by atoms with E-state index in [1.807, 2.05) is 48.4 Å². The number of nitrogens with two attached hydrogens (primary N) is 1. The molecule has 2 aliphatic rings. The maximum absolute atomic E-state index is 13.8. The van der Waals surface area contributed by atoms with Gasteiger partial charge in [-0.3, -0.25) is 4.79 Å². The van der Waals surface area contributed by atoms with E-state index in [1.54, 1.807) is 12.1 Å². The van der Waals surface area contributed by atoms with E-state index in [0.29, 0.717) is 31.5 Å². The Hall–Kier alpha value is -2.99. The van der Waals surface area contributed by atoms with Gasteiger partial charge in [-0.05, 0) is 43.9 Å². The smallest absolute Gasteiger partial charge is 0.224 e. The molecule has 6 heteroatoms. The predicted molar refractivity (Wildman–Crippen MR) is 129 cm³/mol. The van der Waals surface area contributed by atoms with E-state index < -0.39 is 0 Å². The third-order valence-corrected chi connectivity index (χ3v) is 5.78. The first kappa shape index (κ1) is 23.7. The van der Waals surface area contributed by atoms with Crippen molar-refractivity contribution in [3.05, 3.63) is 84.4 Å². The number of amides is 1. The fourth-order valence-corrected chi connectivity index (χ4v) is 3.95. The second-order valence-corrected chi connectivity index (χ2v) is 8.13. The van der Waals surface area contributed by atoms with Gasteiger partial charge in [0.2, 0.25) is 5.91 Å². The molecule has 1 aromatic rings. The van der Waals surface area contributed by atoms with Gasteiger partial charge < -0.3 is 15.5 Å². The van der Waals surface area contributed by atoms with E-state index in [0.717, 1.165) is 18.8 Å². The van der Waals surface area contributed by atoms with Crippen LogP contribution in [0.15, 0.2) is 78.0 Å². The number of piperazine rings is 1. The molecule has 1 amide bonds. The Morgan fingerprint density at radius 3 is 2.88 bits per heavy atom. The number of rotatable bonds is 9. The summed E-state index contributed by atoms with van der Waals surface area (Å²) in [7, 11) is 0. The Balaban J connectivity index is 1.46. The van der Waals surface area contributed by atoms with Gasteiger partial charge in [0.15, 0.2) is 0 Å². The maximum Gasteiger partial charge on any atom is 0.224 e. The lowest BCUT2D eigenvalue weighted by atomic mass is 10.0. The van der Waals surface area contributed by atoms with Crippen LogP contribution in [0.5, 0.6) is 0 Å². The number of benzene rings is 1. The van der Waals surface area contributed by atoms with Crippen molar-refractivity contribution in [2.45, 2.75) is 44.7 Å². The van der Waals surface area contributed by atoms with Gasteiger partial charge in [-0.1, -0.05) is 54.7 Å². The van der Waals surface area contributed by atoms with E-state index in [-0.39, 0.29) is 30.2 Å². The lowest BCUT2D eigenvalue weighted by molar-refractivity contribution is -0.131. The van der Waals surface area contributed by atoms with E-state index in [9.17, 15) is 9.18 Å². The van der Waals surface area contributed by atoms with Crippen LogP contribution in [0.1, 0.15) is 31.7 Å². The molecule has 5 nitrogen and oxygen atoms in total. The van der Waals surface area contributed by atoms with Crippen molar-refractivity contribution in [2.24, 2.45) is 10.7 Å². The number of carbonyl (C=O) groups is 1. The molecule has 2 aliphatic heterocycles. The van der Waals surface area contributed by atoms with Crippen molar-refractivity contribution in [3.63, 3.8) is 0 Å². The largest absolute Gasteiger partial charge is 0.350 e. The zero-order chi connectivity index (χ0) is 22.8. The second-order valence-electron chi connectivity index (χ2n) is 8.13. The van der Waals surface area contributed by atoms with Crippen LogP contribution in [-0.2, 0) is 11.2 Å². The zero-order valence-corrected chi connectivity index (χ0v) is 18.7. The van der Waals surface area contributed by atoms with E-state index in [2.05, 4.69) is 28.1 Å². The van der Waals surface area contributed by atoms with E-state index in [4.69, 9.17) is 5.73 Å². The highest BCUT2D eigenvalue weighted by Gasteiger charge is 2.30. The third-order valence-electron chi connectivity index (χ3n) is 5.78. The first-order valence-corrected chi connectivity index (χ1v) is 11.3. The summed E-state index contributed by atoms with van der Waals surface area (Å²) < 4.78 is 13.8. The summed E-state index contributed by atoms with van der Waals surface area (Å²) in [6.07, 6.45) is 18.5. The van der Waals surface area contributed by atoms with E-state index in [1.165, 1.54) is 6.07 Å². The molecule has 0 aromatic heterocycles. The van der Waals surface area contributed by atoms with Crippen LogP contribution in [0.2, 0.25) is 0 Å². The number of carbonyl (C=O) groups excluding carboxylic acids is 1. The average Bonchev–Trinajstić information content (AvgIpc) is 2.80. The summed E-state index contributed by atoms with van der Waals surface area (Å²) >= 11 is 0. The molecule has 0 aliphatic carbocycles. The highest BCUT2D eigenvalue weighted by atomic mass is 19.1. The highest BCUT2D eigenvalue weighted by molar-refractivity contribution is 5.91. The Bertz CT molecular complexity index is 918. The number of nitrogens with zero attached hydrogens (tertiary/aromatic N) is 3. The summed E-state index contributed by atoms with van der Waals surface area (Å²) in [6.45, 7) is 3.91. The first-order valence-electron chi connectivity index (χ1n) is 11.3. The van der Waals surface area contributed by atoms with Gasteiger partial charge in [-0.25, -0.2) is 9.38 Å². The van der Waals surface area contributed by atoms with Gasteiger partial charge in [0.05, 0.1) is 12.6 Å². The number of amidine groups is 1. The van der Waals surface area contributed by atoms with Crippen LogP contribution in [0, 0.1) is 5.82 Å². The molecule has 170 valence electrons. The number of hydrogen-bond acceptors (Lipinski definition) is 4. The molecular formula is C26H33FN4O. The average molecular weight is 437 g/mol. The van der Waals surface area contributed by atoms with Crippen LogP contribution < -0.4 is 5.73 Å². The molecule has 0 radical (unpaired) electrons. The molecule has 1 unspecified atom stereocenters. The van der Waals surface area contributed by atoms with Crippen molar-refractivity contribution >= 4 is 11.7 Å². The predicted octanol–water partition coefficient (Wildman–Crippen LogP) is 3.99. The van der Waals surface area contributed by atoms with Crippen molar-refractivity contribution < 1.29 is 9.18 Å². The Morgan fingerprint density at radius 1 is 1.25 bits per heavy atom. The molecule has 1 saturated heterocycles. The minimum atomic E-state index is -0.290. The van der Waals surface area contributed by atoms with Crippen LogP contribution in [-0.4, -0.2) is 53.3 Å². The normalized spacial score (nSPS) is 19.7. The summed E-state index contributed by atoms with van der Waals surface area (Å²) in [4.78, 5) is 21.4. The summed E-state index contributed by atoms with van der Waals surface area (Å²) in [5.74, 6) is 0.743. The van der Waals surface area contributed by atoms with Gasteiger partial charge in [0, 0.05) is 31.8 Å². The number of fused-ring (bicyclic) bond motifs is 1. The van der Waals surface area contributed by atoms with Gasteiger partial charge in [-0.15, -0.1) is 0 Å². The number of allylic oxidation sites excluding steroid dienone is 5. The first-order chi connectivity index (χ1) is 15.6. The van der Waals surface area contributed by atoms with Gasteiger partial charge >= 0.3 is 0 Å². The van der Waals surface area contributed by atoms with Crippen molar-refractivity contribution in [2.75, 3.05) is 19.6 Å². The van der Waals surface area contributed by atoms with E-state index >= 15 is 0 Å². The topological polar surface area (TPSA) is 61.9 Å². The minimum absolute atomic E-state index is 0.0356. The minimum Gasteiger partial charge on any atom is -0.350 e. The zero-order valence-electron chi connectivity index (χ0n) is 18.7. The Labute approximate surface area is 190 Å². The number of aryl methyl sites for hydroxylation is 1. The quantitative estimate of drug-likeness (QED) is 0.596. The second kappa shape index (κ2) is 12.2. The lowest BCUT2D eigenvalue weighted by Crippen LogP contribution is -2.56. The van der Waals surface area contributed by atoms with Gasteiger partial charge in [0.25, 0.3) is 0 Å². The SMILES string of the molecule is C\C=C/C=C\C=C\CC1C=CN=C2CN(C(=O)C[C@H](N)CCc3ccccc3F)CCN21. The highest BCUT2D eigenvalue weighted by Crippen LogP contribution is 2.19. The third kappa shape index (κ3) is 6.76. The molecule has 0 bridgehead atoms. The summed E-state index contributed by atoms with van der Waals surface area (Å²) in [5.41, 5.74) is 6.84. The molecule has 0 spiro atoms. The van der Waals surface area contributed by atoms with Crippen molar-refractivity contribution in [3.8, 4) is 0 Å². The van der Waals surface area contributed by atoms with Crippen molar-refractivity contribution in [1.82, 2.24) is 9.80 Å². The number of halogens is 1. The molecule has 1 aromatic carbocycles. The standard InChI is InChI=1S/C26H33FN4O/c1-2-3-4-5-6-7-11-23-15-16-29-25-20-30(17-18-31(23)25)26(32)19-22(28)14-13-21-10-8-9-12-24(21)27/h2-10,12,15-16,22-23H,11,13-14,17-20,28H2,1H3/b3-2-,5-4-,7-6+/t22-,23?/m1/s1. The molecule has 1 fully saturated rings. The summed E-state index contributed by atoms with van der Waals surface area (Å²) in [5, 5.41) is 0. The van der Waals surface area contributed by atoms with Crippen LogP contribution in [0.4, 0.5) is 4.39 Å². The molecule has 0 saturated carbocycles. The molecule has 3 rings (SSSR count). The molecule has 2 heterocycles. The molecular weight excluding hydrogens is 403 g/mol. The fourth-order valence-electron chi connectivity index (χ4n) is 3.95. The molecule has 32 heavy (non-hydrogen) atoms. The Kier molecular flexibility index (Phi) is 8.99. The van der Waals surface area contributed by atoms with Gasteiger partial charge in [-0.2, -0.15) is 0 Å². The Morgan fingerprint density at radius 2 is 2.06 bits per heavy atom. The lowest BCUT2D eigenvalue weighted by Gasteiger charge is -2.42.